The fourth-order valence-corrected chi connectivity index (χ4v) is 2.48. The smallest absolute Gasteiger partial charge is 0.128 e. The van der Waals surface area contributed by atoms with E-state index in [9.17, 15) is 0 Å². The molecule has 0 saturated carbocycles. The first-order chi connectivity index (χ1) is 9.28. The van der Waals surface area contributed by atoms with Crippen LogP contribution in [0.15, 0.2) is 48.5 Å². The lowest BCUT2D eigenvalue weighted by atomic mass is 9.93. The topological polar surface area (TPSA) is 44.5 Å². The molecule has 1 heterocycles. The second-order valence-electron chi connectivity index (χ2n) is 4.76. The van der Waals surface area contributed by atoms with Gasteiger partial charge in [-0.05, 0) is 11.6 Å². The molecule has 2 unspecified atom stereocenters. The van der Waals surface area contributed by atoms with Gasteiger partial charge in [-0.3, -0.25) is 0 Å². The molecule has 20 heavy (non-hydrogen) atoms. The Labute approximate surface area is 125 Å². The summed E-state index contributed by atoms with van der Waals surface area (Å²) in [7, 11) is 1.65. The summed E-state index contributed by atoms with van der Waals surface area (Å²) >= 11 is 0. The first-order valence-corrected chi connectivity index (χ1v) is 6.43. The van der Waals surface area contributed by atoms with E-state index in [0.29, 0.717) is 0 Å². The molecule has 106 valence electrons. The molecule has 1 aliphatic rings. The number of nitrogens with two attached hydrogens (primary N) is 1. The molecule has 0 fully saturated rings. The standard InChI is InChI=1S/C16H17NO2.ClH/c1-18-12-7-8-13-14(17)10-15(19-16(13)9-12)11-5-3-2-4-6-11;/h2-9,14-15H,10,17H2,1H3;1H. The second kappa shape index (κ2) is 6.16. The maximum Gasteiger partial charge on any atom is 0.128 e. The van der Waals surface area contributed by atoms with Gasteiger partial charge in [-0.2, -0.15) is 0 Å². The van der Waals surface area contributed by atoms with Crippen LogP contribution in [0.25, 0.3) is 0 Å². The van der Waals surface area contributed by atoms with Gasteiger partial charge in [0.05, 0.1) is 7.11 Å². The van der Waals surface area contributed by atoms with Gasteiger partial charge < -0.3 is 15.2 Å². The summed E-state index contributed by atoms with van der Waals surface area (Å²) in [5.74, 6) is 1.62. The van der Waals surface area contributed by atoms with E-state index < -0.39 is 0 Å². The van der Waals surface area contributed by atoms with Crippen molar-refractivity contribution >= 4 is 12.4 Å². The minimum Gasteiger partial charge on any atom is -0.497 e. The molecule has 2 N–H and O–H groups in total. The van der Waals surface area contributed by atoms with E-state index in [1.807, 2.05) is 36.4 Å². The Morgan fingerprint density at radius 3 is 2.60 bits per heavy atom. The number of fused-ring (bicyclic) bond motifs is 1. The highest BCUT2D eigenvalue weighted by Gasteiger charge is 2.27. The van der Waals surface area contributed by atoms with Crippen molar-refractivity contribution in [1.82, 2.24) is 0 Å². The van der Waals surface area contributed by atoms with Crippen molar-refractivity contribution in [2.24, 2.45) is 5.73 Å². The summed E-state index contributed by atoms with van der Waals surface area (Å²) in [4.78, 5) is 0. The van der Waals surface area contributed by atoms with Crippen LogP contribution >= 0.6 is 12.4 Å². The fraction of sp³-hybridized carbons (Fsp3) is 0.250. The first-order valence-electron chi connectivity index (χ1n) is 6.43. The van der Waals surface area contributed by atoms with Crippen molar-refractivity contribution in [1.29, 1.82) is 0 Å². The highest BCUT2D eigenvalue weighted by Crippen LogP contribution is 2.41. The highest BCUT2D eigenvalue weighted by molar-refractivity contribution is 5.85. The lowest BCUT2D eigenvalue weighted by Gasteiger charge is -2.30. The zero-order chi connectivity index (χ0) is 13.2. The molecule has 3 rings (SSSR count). The van der Waals surface area contributed by atoms with E-state index >= 15 is 0 Å². The average Bonchev–Trinajstić information content (AvgIpc) is 2.47. The van der Waals surface area contributed by atoms with E-state index in [0.717, 1.165) is 29.0 Å². The first kappa shape index (κ1) is 14.7. The third-order valence-corrected chi connectivity index (χ3v) is 3.53. The van der Waals surface area contributed by atoms with Crippen LogP contribution in [0.4, 0.5) is 0 Å². The molecule has 0 aromatic heterocycles. The van der Waals surface area contributed by atoms with Crippen LogP contribution in [-0.4, -0.2) is 7.11 Å². The number of hydrogen-bond acceptors (Lipinski definition) is 3. The van der Waals surface area contributed by atoms with E-state index in [-0.39, 0.29) is 24.6 Å². The Bertz CT molecular complexity index is 574. The maximum atomic E-state index is 6.24. The lowest BCUT2D eigenvalue weighted by molar-refractivity contribution is 0.161. The van der Waals surface area contributed by atoms with Gasteiger partial charge in [-0.15, -0.1) is 12.4 Å². The SMILES string of the molecule is COc1ccc2c(c1)OC(c1ccccc1)CC2N.Cl. The number of ether oxygens (including phenoxy) is 2. The van der Waals surface area contributed by atoms with Crippen LogP contribution in [0.5, 0.6) is 11.5 Å². The Kier molecular flexibility index (Phi) is 4.53. The summed E-state index contributed by atoms with van der Waals surface area (Å²) < 4.78 is 11.3. The van der Waals surface area contributed by atoms with Gasteiger partial charge in [-0.25, -0.2) is 0 Å². The average molecular weight is 292 g/mol. The molecule has 4 heteroatoms. The van der Waals surface area contributed by atoms with E-state index in [1.54, 1.807) is 7.11 Å². The molecule has 3 nitrogen and oxygen atoms in total. The van der Waals surface area contributed by atoms with Crippen LogP contribution in [0.3, 0.4) is 0 Å². The Morgan fingerprint density at radius 2 is 1.90 bits per heavy atom. The summed E-state index contributed by atoms with van der Waals surface area (Å²) in [6.45, 7) is 0. The third kappa shape index (κ3) is 2.74. The van der Waals surface area contributed by atoms with Gasteiger partial charge in [0.2, 0.25) is 0 Å². The van der Waals surface area contributed by atoms with Crippen LogP contribution in [-0.2, 0) is 0 Å². The van der Waals surface area contributed by atoms with Crippen molar-refractivity contribution in [3.8, 4) is 11.5 Å². The van der Waals surface area contributed by atoms with Crippen LogP contribution < -0.4 is 15.2 Å². The molecule has 0 saturated heterocycles. The third-order valence-electron chi connectivity index (χ3n) is 3.53. The minimum atomic E-state index is -0.000128. The normalized spacial score (nSPS) is 20.3. The zero-order valence-electron chi connectivity index (χ0n) is 11.3. The van der Waals surface area contributed by atoms with Gasteiger partial charge in [0.1, 0.15) is 17.6 Å². The maximum absolute atomic E-state index is 6.24. The Balaban J connectivity index is 0.00000147. The van der Waals surface area contributed by atoms with E-state index in [1.165, 1.54) is 0 Å². The van der Waals surface area contributed by atoms with Crippen LogP contribution in [0.2, 0.25) is 0 Å². The monoisotopic (exact) mass is 291 g/mol. The Hall–Kier alpha value is -1.71. The Morgan fingerprint density at radius 1 is 1.15 bits per heavy atom. The van der Waals surface area contributed by atoms with Crippen molar-refractivity contribution in [2.45, 2.75) is 18.6 Å². The number of rotatable bonds is 2. The molecule has 0 aliphatic carbocycles. The quantitative estimate of drug-likeness (QED) is 0.919. The minimum absolute atomic E-state index is 0. The second-order valence-corrected chi connectivity index (χ2v) is 4.76. The molecule has 2 atom stereocenters. The van der Waals surface area contributed by atoms with Crippen molar-refractivity contribution in [2.75, 3.05) is 7.11 Å². The number of methoxy groups -OCH3 is 1. The number of halogens is 1. The van der Waals surface area contributed by atoms with Crippen LogP contribution in [0, 0.1) is 0 Å². The molecular formula is C16H18ClNO2. The van der Waals surface area contributed by atoms with Crippen molar-refractivity contribution in [3.05, 3.63) is 59.7 Å². The molecule has 2 aromatic rings. The molecule has 1 aliphatic heterocycles. The summed E-state index contributed by atoms with van der Waals surface area (Å²) in [6, 6.07) is 16.0. The predicted octanol–water partition coefficient (Wildman–Crippen LogP) is 3.64. The van der Waals surface area contributed by atoms with Gasteiger partial charge in [0.15, 0.2) is 0 Å². The summed E-state index contributed by atoms with van der Waals surface area (Å²) in [5.41, 5.74) is 8.45. The van der Waals surface area contributed by atoms with Gasteiger partial charge in [0, 0.05) is 24.1 Å². The van der Waals surface area contributed by atoms with Gasteiger partial charge in [0.25, 0.3) is 0 Å². The summed E-state index contributed by atoms with van der Waals surface area (Å²) in [6.07, 6.45) is 0.805. The zero-order valence-corrected chi connectivity index (χ0v) is 12.1. The summed E-state index contributed by atoms with van der Waals surface area (Å²) in [5, 5.41) is 0. The molecular weight excluding hydrogens is 274 g/mol. The van der Waals surface area contributed by atoms with Crippen molar-refractivity contribution < 1.29 is 9.47 Å². The number of benzene rings is 2. The van der Waals surface area contributed by atoms with E-state index in [4.69, 9.17) is 15.2 Å². The molecule has 0 amide bonds. The highest BCUT2D eigenvalue weighted by atomic mass is 35.5. The fourth-order valence-electron chi connectivity index (χ4n) is 2.48. The molecule has 2 aromatic carbocycles. The molecule has 0 bridgehead atoms. The molecule has 0 spiro atoms. The lowest BCUT2D eigenvalue weighted by Crippen LogP contribution is -2.24. The van der Waals surface area contributed by atoms with Gasteiger partial charge >= 0.3 is 0 Å². The van der Waals surface area contributed by atoms with E-state index in [2.05, 4.69) is 12.1 Å². The largest absolute Gasteiger partial charge is 0.497 e. The number of hydrogen-bond donors (Lipinski definition) is 1. The van der Waals surface area contributed by atoms with Crippen molar-refractivity contribution in [3.63, 3.8) is 0 Å². The van der Waals surface area contributed by atoms with Crippen LogP contribution in [0.1, 0.15) is 29.7 Å². The van der Waals surface area contributed by atoms with Gasteiger partial charge in [-0.1, -0.05) is 36.4 Å². The molecule has 0 radical (unpaired) electrons. The predicted molar refractivity (Wildman–Crippen MR) is 81.6 cm³/mol.